The van der Waals surface area contributed by atoms with E-state index in [0.29, 0.717) is 34.0 Å². The van der Waals surface area contributed by atoms with Crippen LogP contribution < -0.4 is 15.4 Å². The summed E-state index contributed by atoms with van der Waals surface area (Å²) in [5.41, 5.74) is 3.48. The van der Waals surface area contributed by atoms with Crippen molar-refractivity contribution in [1.29, 1.82) is 0 Å². The minimum Gasteiger partial charge on any atom is -0.493 e. The molecule has 0 aliphatic carbocycles. The Morgan fingerprint density at radius 1 is 1.13 bits per heavy atom. The second-order valence-corrected chi connectivity index (χ2v) is 7.82. The summed E-state index contributed by atoms with van der Waals surface area (Å²) in [5, 5.41) is 5.90. The Balaban J connectivity index is 1.44. The first-order valence-electron chi connectivity index (χ1n) is 9.54. The molecular formula is C23H18BrN3O3S. The molecule has 0 aliphatic heterocycles. The molecule has 3 aromatic carbocycles. The Labute approximate surface area is 192 Å². The van der Waals surface area contributed by atoms with Gasteiger partial charge < -0.3 is 14.5 Å². The second kappa shape index (κ2) is 9.28. The van der Waals surface area contributed by atoms with Crippen LogP contribution in [0.3, 0.4) is 0 Å². The molecule has 0 unspecified atom stereocenters. The number of carbonyl (C=O) groups is 1. The van der Waals surface area contributed by atoms with E-state index in [0.717, 1.165) is 16.7 Å². The number of carbonyl (C=O) groups excluding carboxylic acids is 1. The molecule has 4 rings (SSSR count). The largest absolute Gasteiger partial charge is 0.493 e. The van der Waals surface area contributed by atoms with Crippen molar-refractivity contribution in [2.24, 2.45) is 0 Å². The molecule has 0 bridgehead atoms. The highest BCUT2D eigenvalue weighted by atomic mass is 79.9. The lowest BCUT2D eigenvalue weighted by molar-refractivity contribution is 0.0977. The van der Waals surface area contributed by atoms with Gasteiger partial charge in [0.15, 0.2) is 10.7 Å². The van der Waals surface area contributed by atoms with Crippen molar-refractivity contribution in [2.45, 2.75) is 6.92 Å². The van der Waals surface area contributed by atoms with Crippen LogP contribution in [-0.2, 0) is 0 Å². The predicted octanol–water partition coefficient (Wildman–Crippen LogP) is 5.78. The number of fused-ring (bicyclic) bond motifs is 1. The number of hydrogen-bond donors (Lipinski definition) is 2. The highest BCUT2D eigenvalue weighted by Gasteiger charge is 2.12. The van der Waals surface area contributed by atoms with Crippen molar-refractivity contribution in [3.8, 4) is 17.2 Å². The lowest BCUT2D eigenvalue weighted by Crippen LogP contribution is -2.34. The molecule has 1 aromatic heterocycles. The molecule has 0 saturated heterocycles. The van der Waals surface area contributed by atoms with Gasteiger partial charge in [-0.05, 0) is 83.6 Å². The van der Waals surface area contributed by atoms with Gasteiger partial charge in [-0.2, -0.15) is 0 Å². The van der Waals surface area contributed by atoms with E-state index in [1.807, 2.05) is 55.5 Å². The van der Waals surface area contributed by atoms with E-state index in [4.69, 9.17) is 21.4 Å². The van der Waals surface area contributed by atoms with Gasteiger partial charge in [0.1, 0.15) is 11.3 Å². The lowest BCUT2D eigenvalue weighted by atomic mass is 10.2. The maximum Gasteiger partial charge on any atom is 0.257 e. The molecule has 8 heteroatoms. The number of nitrogens with zero attached hydrogens (tertiary/aromatic N) is 1. The van der Waals surface area contributed by atoms with Gasteiger partial charge in [-0.25, -0.2) is 4.98 Å². The molecule has 1 heterocycles. The van der Waals surface area contributed by atoms with Crippen LogP contribution in [0.1, 0.15) is 17.3 Å². The number of hydrogen-bond acceptors (Lipinski definition) is 5. The monoisotopic (exact) mass is 495 g/mol. The third-order valence-electron chi connectivity index (χ3n) is 4.38. The van der Waals surface area contributed by atoms with Crippen molar-refractivity contribution < 1.29 is 13.9 Å². The number of benzene rings is 3. The van der Waals surface area contributed by atoms with Crippen LogP contribution in [0.5, 0.6) is 5.75 Å². The number of ether oxygens (including phenoxy) is 1. The summed E-state index contributed by atoms with van der Waals surface area (Å²) in [6.45, 7) is 2.44. The Hall–Kier alpha value is -3.23. The molecule has 2 N–H and O–H groups in total. The molecule has 1 amide bonds. The van der Waals surface area contributed by atoms with Crippen LogP contribution in [0.25, 0.3) is 22.6 Å². The highest BCUT2D eigenvalue weighted by Crippen LogP contribution is 2.27. The zero-order chi connectivity index (χ0) is 21.8. The average Bonchev–Trinajstić information content (AvgIpc) is 3.20. The van der Waals surface area contributed by atoms with Crippen LogP contribution >= 0.6 is 28.1 Å². The quantitative estimate of drug-likeness (QED) is 0.341. The van der Waals surface area contributed by atoms with Gasteiger partial charge in [0, 0.05) is 16.8 Å². The Morgan fingerprint density at radius 2 is 1.97 bits per heavy atom. The van der Waals surface area contributed by atoms with Gasteiger partial charge >= 0.3 is 0 Å². The third kappa shape index (κ3) is 4.92. The molecule has 4 aromatic rings. The minimum absolute atomic E-state index is 0.185. The first-order valence-corrected chi connectivity index (χ1v) is 10.7. The average molecular weight is 496 g/mol. The number of rotatable bonds is 5. The number of amides is 1. The zero-order valence-electron chi connectivity index (χ0n) is 16.5. The minimum atomic E-state index is -0.323. The predicted molar refractivity (Wildman–Crippen MR) is 128 cm³/mol. The molecule has 0 aliphatic rings. The number of anilines is 1. The topological polar surface area (TPSA) is 76.4 Å². The SMILES string of the molecule is CCOc1ccc(C(=O)NC(=S)Nc2cccc(-c3nc4ccccc4o3)c2)cc1Br. The van der Waals surface area contributed by atoms with E-state index in [1.165, 1.54) is 0 Å². The van der Waals surface area contributed by atoms with Gasteiger partial charge in [0.05, 0.1) is 11.1 Å². The van der Waals surface area contributed by atoms with Gasteiger partial charge in [-0.15, -0.1) is 0 Å². The fourth-order valence-electron chi connectivity index (χ4n) is 2.98. The number of oxazole rings is 1. The number of halogens is 1. The number of thiocarbonyl (C=S) groups is 1. The standard InChI is InChI=1S/C23H18BrN3O3S/c1-2-29-19-11-10-14(13-17(19)24)21(28)27-23(31)25-16-7-5-6-15(12-16)22-26-18-8-3-4-9-20(18)30-22/h3-13H,2H2,1H3,(H2,25,27,28,31). The van der Waals surface area contributed by atoms with E-state index < -0.39 is 0 Å². The van der Waals surface area contributed by atoms with Crippen molar-refractivity contribution in [3.63, 3.8) is 0 Å². The molecule has 156 valence electrons. The van der Waals surface area contributed by atoms with Crippen LogP contribution in [-0.4, -0.2) is 22.6 Å². The fourth-order valence-corrected chi connectivity index (χ4v) is 3.68. The maximum absolute atomic E-state index is 12.5. The molecule has 0 radical (unpaired) electrons. The first-order chi connectivity index (χ1) is 15.0. The van der Waals surface area contributed by atoms with Crippen LogP contribution in [0.15, 0.2) is 75.6 Å². The Kier molecular flexibility index (Phi) is 6.29. The summed E-state index contributed by atoms with van der Waals surface area (Å²) in [7, 11) is 0. The van der Waals surface area contributed by atoms with Crippen LogP contribution in [0.2, 0.25) is 0 Å². The number of nitrogens with one attached hydrogen (secondary N) is 2. The molecule has 0 fully saturated rings. The van der Waals surface area contributed by atoms with Crippen LogP contribution in [0.4, 0.5) is 5.69 Å². The van der Waals surface area contributed by atoms with Crippen molar-refractivity contribution in [1.82, 2.24) is 10.3 Å². The number of aromatic nitrogens is 1. The van der Waals surface area contributed by atoms with E-state index in [9.17, 15) is 4.79 Å². The molecular weight excluding hydrogens is 478 g/mol. The number of para-hydroxylation sites is 2. The summed E-state index contributed by atoms with van der Waals surface area (Å²) in [4.78, 5) is 17.0. The van der Waals surface area contributed by atoms with E-state index in [-0.39, 0.29) is 11.0 Å². The molecule has 0 atom stereocenters. The summed E-state index contributed by atoms with van der Waals surface area (Å²) in [6, 6.07) is 20.2. The molecule has 0 saturated carbocycles. The summed E-state index contributed by atoms with van der Waals surface area (Å²) in [6.07, 6.45) is 0. The van der Waals surface area contributed by atoms with Crippen molar-refractivity contribution >= 4 is 56.0 Å². The third-order valence-corrected chi connectivity index (χ3v) is 5.21. The van der Waals surface area contributed by atoms with Gasteiger partial charge in [0.2, 0.25) is 5.89 Å². The Morgan fingerprint density at radius 3 is 2.74 bits per heavy atom. The van der Waals surface area contributed by atoms with Gasteiger partial charge in [-0.3, -0.25) is 10.1 Å². The fraction of sp³-hybridized carbons (Fsp3) is 0.0870. The lowest BCUT2D eigenvalue weighted by Gasteiger charge is -2.11. The molecule has 31 heavy (non-hydrogen) atoms. The Bertz CT molecular complexity index is 1240. The second-order valence-electron chi connectivity index (χ2n) is 6.55. The summed E-state index contributed by atoms with van der Waals surface area (Å²) >= 11 is 8.72. The van der Waals surface area contributed by atoms with E-state index in [2.05, 4.69) is 31.5 Å². The smallest absolute Gasteiger partial charge is 0.257 e. The maximum atomic E-state index is 12.5. The first kappa shape index (κ1) is 21.0. The normalized spacial score (nSPS) is 10.6. The van der Waals surface area contributed by atoms with Crippen molar-refractivity contribution in [2.75, 3.05) is 11.9 Å². The van der Waals surface area contributed by atoms with E-state index >= 15 is 0 Å². The van der Waals surface area contributed by atoms with Gasteiger partial charge in [0.25, 0.3) is 5.91 Å². The van der Waals surface area contributed by atoms with E-state index in [1.54, 1.807) is 18.2 Å². The summed E-state index contributed by atoms with van der Waals surface area (Å²) in [5.74, 6) is 0.867. The zero-order valence-corrected chi connectivity index (χ0v) is 18.9. The highest BCUT2D eigenvalue weighted by molar-refractivity contribution is 9.10. The van der Waals surface area contributed by atoms with Crippen molar-refractivity contribution in [3.05, 3.63) is 76.8 Å². The summed E-state index contributed by atoms with van der Waals surface area (Å²) < 4.78 is 12.0. The van der Waals surface area contributed by atoms with Crippen LogP contribution in [0, 0.1) is 0 Å². The molecule has 6 nitrogen and oxygen atoms in total. The van der Waals surface area contributed by atoms with Gasteiger partial charge in [-0.1, -0.05) is 18.2 Å². The molecule has 0 spiro atoms.